The van der Waals surface area contributed by atoms with E-state index >= 15 is 0 Å². The minimum atomic E-state index is -4.38. The summed E-state index contributed by atoms with van der Waals surface area (Å²) < 4.78 is 34.3. The Morgan fingerprint density at radius 2 is 0.950 bits per heavy atom. The Bertz CT molecular complexity index is 1120. The molecule has 1 N–H and O–H groups in total. The molecule has 0 aromatic rings. The molecule has 0 radical (unpaired) electrons. The highest BCUT2D eigenvalue weighted by molar-refractivity contribution is 7.47. The first-order chi connectivity index (χ1) is 29.0. The zero-order valence-corrected chi connectivity index (χ0v) is 40.6. The molecule has 0 fully saturated rings. The SMILES string of the molecule is CC/C=C\C/C=C\C/C=C\CCCCCC(=O)OC(COC(=O)CCCCCCCCCCCCCCCCCCCCCCCCC)COP(=O)(O)OCC[N+](C)(C)C. The maximum absolute atomic E-state index is 12.7. The molecule has 60 heavy (non-hydrogen) atoms. The third-order valence-corrected chi connectivity index (χ3v) is 11.7. The number of rotatable bonds is 45. The third-order valence-electron chi connectivity index (χ3n) is 10.7. The standard InChI is InChI=1S/C50H94NO8P/c1-6-8-10-12-14-16-18-20-21-22-23-24-25-26-27-28-29-31-32-34-36-38-40-42-49(52)56-46-48(47-58-60(54,55)57-45-44-51(3,4)5)59-50(53)43-41-39-37-35-33-30-19-17-15-13-11-9-7-2/h9,11,15,17,30,33,48H,6-8,10,12-14,16,18-29,31-32,34-47H2,1-5H3/p+1/b11-9-,17-15-,33-30-. The van der Waals surface area contributed by atoms with Crippen LogP contribution in [-0.4, -0.2) is 74.9 Å². The number of likely N-dealkylation sites (N-methyl/N-ethyl adjacent to an activating group) is 1. The number of unbranched alkanes of at least 4 members (excludes halogenated alkanes) is 25. The van der Waals surface area contributed by atoms with Crippen LogP contribution in [0.15, 0.2) is 36.5 Å². The number of carbonyl (C=O) groups excluding carboxylic acids is 2. The molecule has 0 aromatic carbocycles. The summed E-state index contributed by atoms with van der Waals surface area (Å²) in [6, 6.07) is 0. The molecule has 0 bridgehead atoms. The molecule has 0 aliphatic rings. The topological polar surface area (TPSA) is 108 Å². The van der Waals surface area contributed by atoms with Gasteiger partial charge in [0.2, 0.25) is 0 Å². The van der Waals surface area contributed by atoms with Crippen LogP contribution in [0.2, 0.25) is 0 Å². The summed E-state index contributed by atoms with van der Waals surface area (Å²) >= 11 is 0. The Balaban J connectivity index is 4.18. The molecule has 0 amide bonds. The summed E-state index contributed by atoms with van der Waals surface area (Å²) in [5.41, 5.74) is 0. The quantitative estimate of drug-likeness (QED) is 0.0212. The summed E-state index contributed by atoms with van der Waals surface area (Å²) in [6.07, 6.45) is 49.3. The van der Waals surface area contributed by atoms with Crippen molar-refractivity contribution in [1.82, 2.24) is 0 Å². The van der Waals surface area contributed by atoms with Crippen LogP contribution in [0.1, 0.15) is 219 Å². The van der Waals surface area contributed by atoms with Crippen molar-refractivity contribution in [3.05, 3.63) is 36.5 Å². The lowest BCUT2D eigenvalue weighted by atomic mass is 10.0. The third kappa shape index (κ3) is 45.7. The highest BCUT2D eigenvalue weighted by Gasteiger charge is 2.27. The molecule has 10 heteroatoms. The predicted molar refractivity (Wildman–Crippen MR) is 252 cm³/mol. The summed E-state index contributed by atoms with van der Waals surface area (Å²) in [5.74, 6) is -0.825. The van der Waals surface area contributed by atoms with Gasteiger partial charge in [-0.1, -0.05) is 198 Å². The first-order valence-electron chi connectivity index (χ1n) is 24.7. The van der Waals surface area contributed by atoms with Gasteiger partial charge < -0.3 is 18.9 Å². The Morgan fingerprint density at radius 1 is 0.533 bits per heavy atom. The number of quaternary nitrogens is 1. The zero-order valence-electron chi connectivity index (χ0n) is 39.7. The number of esters is 2. The van der Waals surface area contributed by atoms with Crippen LogP contribution in [0.5, 0.6) is 0 Å². The van der Waals surface area contributed by atoms with Gasteiger partial charge in [0.05, 0.1) is 27.7 Å². The number of ether oxygens (including phenoxy) is 2. The average Bonchev–Trinajstić information content (AvgIpc) is 3.20. The summed E-state index contributed by atoms with van der Waals surface area (Å²) in [6.45, 7) is 4.30. The molecule has 0 aliphatic heterocycles. The second-order valence-corrected chi connectivity index (χ2v) is 19.3. The minimum absolute atomic E-state index is 0.0266. The van der Waals surface area contributed by atoms with E-state index in [4.69, 9.17) is 18.5 Å². The van der Waals surface area contributed by atoms with Crippen molar-refractivity contribution in [2.75, 3.05) is 47.5 Å². The fourth-order valence-electron chi connectivity index (χ4n) is 6.85. The van der Waals surface area contributed by atoms with Crippen LogP contribution in [0.4, 0.5) is 0 Å². The molecule has 9 nitrogen and oxygen atoms in total. The summed E-state index contributed by atoms with van der Waals surface area (Å²) in [7, 11) is 1.46. The Hall–Kier alpha value is -1.77. The van der Waals surface area contributed by atoms with Gasteiger partial charge in [-0.05, 0) is 44.9 Å². The van der Waals surface area contributed by atoms with E-state index in [2.05, 4.69) is 50.3 Å². The van der Waals surface area contributed by atoms with Crippen LogP contribution in [0.25, 0.3) is 0 Å². The lowest BCUT2D eigenvalue weighted by molar-refractivity contribution is -0.870. The summed E-state index contributed by atoms with van der Waals surface area (Å²) in [5, 5.41) is 0. The van der Waals surface area contributed by atoms with Gasteiger partial charge in [-0.3, -0.25) is 18.6 Å². The molecular formula is C50H95NO8P+. The van der Waals surface area contributed by atoms with Gasteiger partial charge in [-0.2, -0.15) is 0 Å². The highest BCUT2D eigenvalue weighted by Crippen LogP contribution is 2.43. The molecule has 0 spiro atoms. The smallest absolute Gasteiger partial charge is 0.462 e. The number of hydrogen-bond acceptors (Lipinski definition) is 7. The zero-order chi connectivity index (χ0) is 44.3. The van der Waals surface area contributed by atoms with Crippen molar-refractivity contribution in [2.45, 2.75) is 225 Å². The van der Waals surface area contributed by atoms with Gasteiger partial charge in [0, 0.05) is 12.8 Å². The Morgan fingerprint density at radius 3 is 1.42 bits per heavy atom. The van der Waals surface area contributed by atoms with Gasteiger partial charge in [0.15, 0.2) is 6.10 Å². The predicted octanol–water partition coefficient (Wildman–Crippen LogP) is 14.5. The van der Waals surface area contributed by atoms with E-state index in [1.165, 1.54) is 128 Å². The molecule has 0 aromatic heterocycles. The maximum Gasteiger partial charge on any atom is 0.472 e. The first kappa shape index (κ1) is 58.2. The molecular weight excluding hydrogens is 774 g/mol. The van der Waals surface area contributed by atoms with Crippen LogP contribution >= 0.6 is 7.82 Å². The maximum atomic E-state index is 12.7. The van der Waals surface area contributed by atoms with E-state index in [1.54, 1.807) is 0 Å². The monoisotopic (exact) mass is 869 g/mol. The normalized spacial score (nSPS) is 13.8. The molecule has 0 rings (SSSR count). The minimum Gasteiger partial charge on any atom is -0.462 e. The van der Waals surface area contributed by atoms with Crippen molar-refractivity contribution in [1.29, 1.82) is 0 Å². The van der Waals surface area contributed by atoms with Crippen molar-refractivity contribution in [3.63, 3.8) is 0 Å². The second kappa shape index (κ2) is 42.5. The Labute approximate surface area is 370 Å². The molecule has 0 saturated carbocycles. The van der Waals surface area contributed by atoms with Crippen molar-refractivity contribution in [3.8, 4) is 0 Å². The number of phosphoric acid groups is 1. The molecule has 0 heterocycles. The van der Waals surface area contributed by atoms with Crippen LogP contribution < -0.4 is 0 Å². The lowest BCUT2D eigenvalue weighted by Gasteiger charge is -2.24. The number of hydrogen-bond donors (Lipinski definition) is 1. The second-order valence-electron chi connectivity index (χ2n) is 17.8. The van der Waals surface area contributed by atoms with Gasteiger partial charge in [0.25, 0.3) is 0 Å². The number of nitrogens with zero attached hydrogens (tertiary/aromatic N) is 1. The van der Waals surface area contributed by atoms with Crippen molar-refractivity contribution in [2.24, 2.45) is 0 Å². The first-order valence-corrected chi connectivity index (χ1v) is 26.2. The van der Waals surface area contributed by atoms with Gasteiger partial charge in [-0.15, -0.1) is 0 Å². The molecule has 2 unspecified atom stereocenters. The van der Waals surface area contributed by atoms with Crippen LogP contribution in [0, 0.1) is 0 Å². The van der Waals surface area contributed by atoms with Crippen molar-refractivity contribution < 1.29 is 42.1 Å². The van der Waals surface area contributed by atoms with Crippen molar-refractivity contribution >= 4 is 19.8 Å². The number of allylic oxidation sites excluding steroid dienone is 6. The highest BCUT2D eigenvalue weighted by atomic mass is 31.2. The molecule has 352 valence electrons. The van der Waals surface area contributed by atoms with E-state index in [0.717, 1.165) is 57.8 Å². The van der Waals surface area contributed by atoms with E-state index in [9.17, 15) is 19.0 Å². The van der Waals surface area contributed by atoms with E-state index < -0.39 is 26.5 Å². The average molecular weight is 869 g/mol. The molecule has 2 atom stereocenters. The van der Waals surface area contributed by atoms with E-state index in [1.807, 2.05) is 21.1 Å². The molecule has 0 aliphatic carbocycles. The van der Waals surface area contributed by atoms with Gasteiger partial charge in [0.1, 0.15) is 19.8 Å². The van der Waals surface area contributed by atoms with E-state index in [-0.39, 0.29) is 32.0 Å². The fraction of sp³-hybridized carbons (Fsp3) is 0.840. The lowest BCUT2D eigenvalue weighted by Crippen LogP contribution is -2.37. The number of phosphoric ester groups is 1. The van der Waals surface area contributed by atoms with Gasteiger partial charge >= 0.3 is 19.8 Å². The van der Waals surface area contributed by atoms with Gasteiger partial charge in [-0.25, -0.2) is 4.57 Å². The van der Waals surface area contributed by atoms with E-state index in [0.29, 0.717) is 17.4 Å². The number of carbonyl (C=O) groups is 2. The Kier molecular flexibility index (Phi) is 41.3. The molecule has 0 saturated heterocycles. The largest absolute Gasteiger partial charge is 0.472 e. The van der Waals surface area contributed by atoms with Crippen LogP contribution in [0.3, 0.4) is 0 Å². The fourth-order valence-corrected chi connectivity index (χ4v) is 7.59. The van der Waals surface area contributed by atoms with Crippen LogP contribution in [-0.2, 0) is 32.7 Å². The summed E-state index contributed by atoms with van der Waals surface area (Å²) in [4.78, 5) is 35.4.